The van der Waals surface area contributed by atoms with Gasteiger partial charge >= 0.3 is 0 Å². The molecule has 3 N–H and O–H groups in total. The van der Waals surface area contributed by atoms with Crippen LogP contribution in [-0.4, -0.2) is 39.4 Å². The third-order valence-corrected chi connectivity index (χ3v) is 6.04. The number of sulfonamides is 1. The summed E-state index contributed by atoms with van der Waals surface area (Å²) in [6, 6.07) is 7.25. The number of nitrogens with one attached hydrogen (secondary N) is 1. The minimum Gasteiger partial charge on any atom is -0.384 e. The lowest BCUT2D eigenvalue weighted by molar-refractivity contribution is 0.321. The molecule has 1 fully saturated rings. The molecule has 1 aliphatic rings. The van der Waals surface area contributed by atoms with Gasteiger partial charge < -0.3 is 11.1 Å². The number of anilines is 1. The molecular weight excluding hydrogens is 286 g/mol. The van der Waals surface area contributed by atoms with Gasteiger partial charge in [-0.2, -0.15) is 0 Å². The van der Waals surface area contributed by atoms with Gasteiger partial charge in [-0.1, -0.05) is 25.0 Å². The van der Waals surface area contributed by atoms with Crippen LogP contribution in [0.1, 0.15) is 25.7 Å². The monoisotopic (exact) mass is 311 g/mol. The van der Waals surface area contributed by atoms with Crippen LogP contribution in [0.5, 0.6) is 0 Å². The normalized spacial score (nSPS) is 23.2. The van der Waals surface area contributed by atoms with Crippen molar-refractivity contribution < 1.29 is 8.42 Å². The molecular formula is C15H25N3O2S. The quantitative estimate of drug-likeness (QED) is 0.870. The summed E-state index contributed by atoms with van der Waals surface area (Å²) in [5, 5.41) is 3.29. The van der Waals surface area contributed by atoms with E-state index in [4.69, 9.17) is 5.73 Å². The lowest BCUT2D eigenvalue weighted by Crippen LogP contribution is -2.37. The fraction of sp³-hybridized carbons (Fsp3) is 0.600. The number of nitrogens with two attached hydrogens (primary N) is 1. The molecule has 1 aliphatic carbocycles. The van der Waals surface area contributed by atoms with Crippen molar-refractivity contribution in [3.63, 3.8) is 0 Å². The van der Waals surface area contributed by atoms with Crippen LogP contribution < -0.4 is 11.1 Å². The summed E-state index contributed by atoms with van der Waals surface area (Å²) in [6.45, 7) is 0.723. The largest absolute Gasteiger partial charge is 0.384 e. The highest BCUT2D eigenvalue weighted by molar-refractivity contribution is 7.89. The molecule has 6 heteroatoms. The molecule has 2 rings (SSSR count). The van der Waals surface area contributed by atoms with Crippen molar-refractivity contribution in [2.75, 3.05) is 26.0 Å². The molecule has 0 heterocycles. The molecule has 1 aromatic carbocycles. The van der Waals surface area contributed by atoms with Crippen LogP contribution in [-0.2, 0) is 10.0 Å². The van der Waals surface area contributed by atoms with Gasteiger partial charge in [0.2, 0.25) is 10.0 Å². The van der Waals surface area contributed by atoms with Gasteiger partial charge in [0.15, 0.2) is 0 Å². The number of rotatable bonds is 5. The van der Waals surface area contributed by atoms with E-state index in [0.29, 0.717) is 16.5 Å². The van der Waals surface area contributed by atoms with Crippen molar-refractivity contribution in [1.82, 2.24) is 4.31 Å². The average molecular weight is 311 g/mol. The van der Waals surface area contributed by atoms with Crippen LogP contribution in [0, 0.1) is 5.92 Å². The lowest BCUT2D eigenvalue weighted by atomic mass is 9.85. The maximum Gasteiger partial charge on any atom is 0.244 e. The van der Waals surface area contributed by atoms with Crippen molar-refractivity contribution in [2.45, 2.75) is 36.6 Å². The number of hydrogen-bond acceptors (Lipinski definition) is 4. The van der Waals surface area contributed by atoms with Gasteiger partial charge in [-0.25, -0.2) is 12.7 Å². The Morgan fingerprint density at radius 2 is 1.90 bits per heavy atom. The fourth-order valence-corrected chi connectivity index (χ4v) is 3.83. The predicted molar refractivity (Wildman–Crippen MR) is 85.7 cm³/mol. The number of benzene rings is 1. The summed E-state index contributed by atoms with van der Waals surface area (Å²) in [7, 11) is -0.345. The van der Waals surface area contributed by atoms with Crippen LogP contribution in [0.25, 0.3) is 0 Å². The topological polar surface area (TPSA) is 75.4 Å². The first-order chi connectivity index (χ1) is 9.93. The van der Waals surface area contributed by atoms with E-state index in [0.717, 1.165) is 19.4 Å². The van der Waals surface area contributed by atoms with E-state index in [9.17, 15) is 8.42 Å². The third-order valence-electron chi connectivity index (χ3n) is 4.17. The van der Waals surface area contributed by atoms with Crippen molar-refractivity contribution in [3.05, 3.63) is 24.3 Å². The van der Waals surface area contributed by atoms with Crippen LogP contribution in [0.15, 0.2) is 29.2 Å². The zero-order chi connectivity index (χ0) is 15.5. The molecule has 118 valence electrons. The minimum absolute atomic E-state index is 0.212. The molecule has 2 atom stereocenters. The van der Waals surface area contributed by atoms with E-state index >= 15 is 0 Å². The van der Waals surface area contributed by atoms with Crippen LogP contribution in [0.4, 0.5) is 5.69 Å². The van der Waals surface area contributed by atoms with Gasteiger partial charge in [-0.05, 0) is 30.9 Å². The molecule has 5 nitrogen and oxygen atoms in total. The summed E-state index contributed by atoms with van der Waals surface area (Å²) in [5.41, 5.74) is 6.81. The molecule has 1 aromatic rings. The number of para-hydroxylation sites is 1. The zero-order valence-corrected chi connectivity index (χ0v) is 13.6. The Morgan fingerprint density at radius 3 is 2.57 bits per heavy atom. The Kier molecular flexibility index (Phi) is 5.24. The Bertz CT molecular complexity index is 572. The smallest absolute Gasteiger partial charge is 0.244 e. The minimum atomic E-state index is -3.43. The first-order valence-corrected chi connectivity index (χ1v) is 8.88. The van der Waals surface area contributed by atoms with Crippen molar-refractivity contribution in [2.24, 2.45) is 11.7 Å². The molecule has 0 aromatic heterocycles. The van der Waals surface area contributed by atoms with E-state index in [1.165, 1.54) is 17.1 Å². The zero-order valence-electron chi connectivity index (χ0n) is 12.7. The molecule has 0 bridgehead atoms. The van der Waals surface area contributed by atoms with Gasteiger partial charge in [0.1, 0.15) is 4.90 Å². The highest BCUT2D eigenvalue weighted by Crippen LogP contribution is 2.26. The molecule has 0 saturated heterocycles. The predicted octanol–water partition coefficient (Wildman–Crippen LogP) is 1.87. The second-order valence-electron chi connectivity index (χ2n) is 5.87. The Labute approximate surface area is 127 Å². The summed E-state index contributed by atoms with van der Waals surface area (Å²) >= 11 is 0. The molecule has 0 amide bonds. The molecule has 0 radical (unpaired) electrons. The Balaban J connectivity index is 2.14. The van der Waals surface area contributed by atoms with Gasteiger partial charge in [0.25, 0.3) is 0 Å². The van der Waals surface area contributed by atoms with Gasteiger partial charge in [-0.3, -0.25) is 0 Å². The van der Waals surface area contributed by atoms with E-state index in [2.05, 4.69) is 5.32 Å². The lowest BCUT2D eigenvalue weighted by Gasteiger charge is -2.29. The van der Waals surface area contributed by atoms with Crippen LogP contribution in [0.3, 0.4) is 0 Å². The number of nitrogens with zero attached hydrogens (tertiary/aromatic N) is 1. The molecule has 0 spiro atoms. The Morgan fingerprint density at radius 1 is 1.24 bits per heavy atom. The van der Waals surface area contributed by atoms with E-state index in [-0.39, 0.29) is 6.04 Å². The highest BCUT2D eigenvalue weighted by atomic mass is 32.2. The van der Waals surface area contributed by atoms with Gasteiger partial charge in [-0.15, -0.1) is 0 Å². The van der Waals surface area contributed by atoms with E-state index < -0.39 is 10.0 Å². The van der Waals surface area contributed by atoms with Crippen molar-refractivity contribution in [3.8, 4) is 0 Å². The average Bonchev–Trinajstić information content (AvgIpc) is 2.46. The van der Waals surface area contributed by atoms with Crippen molar-refractivity contribution in [1.29, 1.82) is 0 Å². The molecule has 21 heavy (non-hydrogen) atoms. The summed E-state index contributed by atoms with van der Waals surface area (Å²) in [6.07, 6.45) is 4.57. The SMILES string of the molecule is CN(C)S(=O)(=O)c1ccccc1NCC1CCCCC1N. The maximum atomic E-state index is 12.3. The van der Waals surface area contributed by atoms with E-state index in [1.54, 1.807) is 26.2 Å². The standard InChI is InChI=1S/C15H25N3O2S/c1-18(2)21(19,20)15-10-6-5-9-14(15)17-11-12-7-3-4-8-13(12)16/h5-6,9-10,12-13,17H,3-4,7-8,11,16H2,1-2H3. The second-order valence-corrected chi connectivity index (χ2v) is 7.99. The fourth-order valence-electron chi connectivity index (χ4n) is 2.77. The van der Waals surface area contributed by atoms with Gasteiger partial charge in [0, 0.05) is 26.7 Å². The van der Waals surface area contributed by atoms with Crippen molar-refractivity contribution >= 4 is 15.7 Å². The molecule has 2 unspecified atom stereocenters. The Hall–Kier alpha value is -1.11. The number of hydrogen-bond donors (Lipinski definition) is 2. The summed E-state index contributed by atoms with van der Waals surface area (Å²) in [4.78, 5) is 0.319. The van der Waals surface area contributed by atoms with Crippen LogP contribution >= 0.6 is 0 Å². The second kappa shape index (κ2) is 6.77. The molecule has 0 aliphatic heterocycles. The van der Waals surface area contributed by atoms with E-state index in [1.807, 2.05) is 12.1 Å². The maximum absolute atomic E-state index is 12.3. The summed E-state index contributed by atoms with van der Waals surface area (Å²) < 4.78 is 25.9. The van der Waals surface area contributed by atoms with Crippen LogP contribution in [0.2, 0.25) is 0 Å². The summed E-state index contributed by atoms with van der Waals surface area (Å²) in [5.74, 6) is 0.411. The first kappa shape index (κ1) is 16.3. The first-order valence-electron chi connectivity index (χ1n) is 7.44. The molecule has 1 saturated carbocycles. The highest BCUT2D eigenvalue weighted by Gasteiger charge is 2.24. The van der Waals surface area contributed by atoms with Gasteiger partial charge in [0.05, 0.1) is 5.69 Å². The third kappa shape index (κ3) is 3.75.